The Morgan fingerprint density at radius 1 is 0.972 bits per heavy atom. The van der Waals surface area contributed by atoms with Crippen LogP contribution in [0.4, 0.5) is 11.4 Å². The Morgan fingerprint density at radius 2 is 1.67 bits per heavy atom. The molecule has 2 heterocycles. The van der Waals surface area contributed by atoms with E-state index in [2.05, 4.69) is 0 Å². The van der Waals surface area contributed by atoms with Gasteiger partial charge in [-0.25, -0.2) is 8.42 Å². The first-order valence-corrected chi connectivity index (χ1v) is 12.8. The van der Waals surface area contributed by atoms with Crippen molar-refractivity contribution < 1.29 is 52.1 Å². The Labute approximate surface area is 236 Å². The molecule has 0 atom stereocenters. The van der Waals surface area contributed by atoms with Gasteiger partial charge in [-0.1, -0.05) is 48.5 Å². The molecule has 0 radical (unpaired) electrons. The fraction of sp³-hybridized carbons (Fsp3) is 0.120. The molecule has 3 aromatic carbocycles. The second-order valence-electron chi connectivity index (χ2n) is 7.91. The van der Waals surface area contributed by atoms with Gasteiger partial charge in [-0.15, -0.1) is 0 Å². The number of ether oxygens (including phenoxy) is 1. The second-order valence-corrected chi connectivity index (χ2v) is 9.65. The van der Waals surface area contributed by atoms with E-state index in [1.54, 1.807) is 23.1 Å². The first kappa shape index (κ1) is 26.3. The van der Waals surface area contributed by atoms with Crippen molar-refractivity contribution in [2.45, 2.75) is 6.92 Å². The van der Waals surface area contributed by atoms with Crippen molar-refractivity contribution in [1.82, 2.24) is 4.90 Å². The largest absolute Gasteiger partial charge is 1.00 e. The van der Waals surface area contributed by atoms with Crippen molar-refractivity contribution in [3.8, 4) is 5.75 Å². The molecule has 8 nitrogen and oxygen atoms in total. The molecular weight excluding hydrogens is 509 g/mol. The summed E-state index contributed by atoms with van der Waals surface area (Å²) >= 11 is 5.56. The van der Waals surface area contributed by atoms with Crippen LogP contribution in [0.1, 0.15) is 6.92 Å². The molecule has 5 rings (SSSR count). The molecule has 1 amide bonds. The van der Waals surface area contributed by atoms with Crippen molar-refractivity contribution in [1.29, 1.82) is 0 Å². The third-order valence-corrected chi connectivity index (χ3v) is 6.74. The number of likely N-dealkylation sites (N-methyl/N-ethyl adjacent to an activating group) is 1. The molecule has 2 aliphatic heterocycles. The molecule has 0 bridgehead atoms. The first-order chi connectivity index (χ1) is 16.8. The Kier molecular flexibility index (Phi) is 7.56. The van der Waals surface area contributed by atoms with E-state index in [4.69, 9.17) is 17.0 Å². The summed E-state index contributed by atoms with van der Waals surface area (Å²) in [5.41, 5.74) is 1.41. The van der Waals surface area contributed by atoms with Gasteiger partial charge in [-0.05, 0) is 48.8 Å². The van der Waals surface area contributed by atoms with Crippen LogP contribution in [0.3, 0.4) is 0 Å². The predicted octanol–water partition coefficient (Wildman–Crippen LogP) is 0.924. The average molecular weight is 530 g/mol. The predicted molar refractivity (Wildman–Crippen MR) is 137 cm³/mol. The molecule has 3 aromatic rings. The topological polar surface area (TPSA) is 93.2 Å². The maximum absolute atomic E-state index is 13.3. The van der Waals surface area contributed by atoms with Gasteiger partial charge in [-0.2, -0.15) is 0 Å². The van der Waals surface area contributed by atoms with E-state index < -0.39 is 16.0 Å². The number of benzene rings is 3. The number of allylic oxidation sites excluding steroid dienone is 2. The molecule has 36 heavy (non-hydrogen) atoms. The van der Waals surface area contributed by atoms with Gasteiger partial charge in [0.25, 0.3) is 5.91 Å². The van der Waals surface area contributed by atoms with Gasteiger partial charge < -0.3 is 14.2 Å². The molecule has 178 valence electrons. The number of nitrogens with zero attached hydrogens (tertiary/aromatic N) is 3. The number of hydrogen-bond acceptors (Lipinski definition) is 7. The summed E-state index contributed by atoms with van der Waals surface area (Å²) in [4.78, 5) is 17.7. The van der Waals surface area contributed by atoms with E-state index in [1.165, 1.54) is 22.0 Å². The van der Waals surface area contributed by atoms with Crippen LogP contribution in [-0.4, -0.2) is 41.3 Å². The smallest absolute Gasteiger partial charge is 0.747 e. The van der Waals surface area contributed by atoms with Crippen molar-refractivity contribution in [2.75, 3.05) is 22.2 Å². The van der Waals surface area contributed by atoms with Crippen LogP contribution in [0.5, 0.6) is 5.75 Å². The first-order valence-electron chi connectivity index (χ1n) is 10.8. The maximum Gasteiger partial charge on any atom is 1.00 e. The Bertz CT molecular complexity index is 1520. The fourth-order valence-electron chi connectivity index (χ4n) is 4.21. The van der Waals surface area contributed by atoms with Gasteiger partial charge in [0.05, 0.1) is 11.4 Å². The third kappa shape index (κ3) is 4.80. The van der Waals surface area contributed by atoms with Gasteiger partial charge in [0.2, 0.25) is 5.88 Å². The zero-order valence-electron chi connectivity index (χ0n) is 19.6. The quantitative estimate of drug-likeness (QED) is 0.209. The van der Waals surface area contributed by atoms with Crippen LogP contribution in [0, 0.1) is 0 Å². The van der Waals surface area contributed by atoms with Crippen LogP contribution < -0.4 is 44.1 Å². The van der Waals surface area contributed by atoms with E-state index >= 15 is 0 Å². The molecule has 0 N–H and O–H groups in total. The van der Waals surface area contributed by atoms with Gasteiger partial charge in [-0.3, -0.25) is 14.6 Å². The van der Waals surface area contributed by atoms with E-state index in [0.717, 1.165) is 10.8 Å². The third-order valence-electron chi connectivity index (χ3n) is 5.76. The number of thiocarbonyl (C=S) groups is 1. The average Bonchev–Trinajstić information content (AvgIpc) is 3.30. The summed E-state index contributed by atoms with van der Waals surface area (Å²) in [5.74, 6) is -0.559. The monoisotopic (exact) mass is 529 g/mol. The maximum atomic E-state index is 13.3. The summed E-state index contributed by atoms with van der Waals surface area (Å²) in [6, 6.07) is 20.1. The molecule has 11 heteroatoms. The molecule has 0 unspecified atom stereocenters. The molecule has 0 spiro atoms. The normalized spacial score (nSPS) is 17.7. The molecule has 0 aliphatic carbocycles. The zero-order chi connectivity index (χ0) is 24.7. The van der Waals surface area contributed by atoms with Crippen molar-refractivity contribution >= 4 is 55.5 Å². The summed E-state index contributed by atoms with van der Waals surface area (Å²) in [7, 11) is -4.63. The molecule has 0 aromatic heterocycles. The van der Waals surface area contributed by atoms with Gasteiger partial charge >= 0.3 is 29.6 Å². The Hall–Kier alpha value is -2.73. The van der Waals surface area contributed by atoms with Gasteiger partial charge in [0.15, 0.2) is 10.9 Å². The summed E-state index contributed by atoms with van der Waals surface area (Å²) < 4.78 is 41.1. The second kappa shape index (κ2) is 10.3. The van der Waals surface area contributed by atoms with E-state index in [1.807, 2.05) is 55.5 Å². The minimum atomic E-state index is -4.63. The van der Waals surface area contributed by atoms with E-state index in [0.29, 0.717) is 34.5 Å². The molecule has 1 fully saturated rings. The number of hydrogen-bond donors (Lipinski definition) is 0. The van der Waals surface area contributed by atoms with Crippen LogP contribution in [0.15, 0.2) is 90.5 Å². The zero-order valence-corrected chi connectivity index (χ0v) is 23.3. The number of carbonyl (C=O) groups is 1. The fourth-order valence-corrected chi connectivity index (χ4v) is 5.21. The van der Waals surface area contributed by atoms with Gasteiger partial charge in [0.1, 0.15) is 21.7 Å². The molecule has 1 saturated heterocycles. The molecular formula is C25H20N3NaO5S2. The van der Waals surface area contributed by atoms with Crippen LogP contribution in [-0.2, 0) is 14.9 Å². The number of amides is 1. The Morgan fingerprint density at radius 3 is 2.36 bits per heavy atom. The van der Waals surface area contributed by atoms with Crippen LogP contribution in [0.25, 0.3) is 10.8 Å². The SMILES string of the molecule is CCN1C(=S)N(c2ccccc2)C(=O)/C1=C\C=C1/Oc2c(ccc3ccccc23)N1CS(=O)(=O)[O-].[Na+]. The number of rotatable bonds is 5. The molecule has 2 aliphatic rings. The number of anilines is 2. The van der Waals surface area contributed by atoms with E-state index in [-0.39, 0.29) is 41.3 Å². The number of carbonyl (C=O) groups excluding carboxylic acids is 1. The number of fused-ring (bicyclic) bond motifs is 3. The minimum absolute atomic E-state index is 0. The van der Waals surface area contributed by atoms with Crippen molar-refractivity contribution in [3.63, 3.8) is 0 Å². The van der Waals surface area contributed by atoms with Crippen molar-refractivity contribution in [2.24, 2.45) is 0 Å². The van der Waals surface area contributed by atoms with E-state index in [9.17, 15) is 17.8 Å². The standard InChI is InChI=1S/C25H21N3O5S2.Na/c1-2-26-21(24(29)28(25(26)34)18-9-4-3-5-10-18)14-15-22-27(16-35(30,31)32)20-13-12-17-8-6-7-11-19(17)23(20)33-22;/h3-15H,2,16H2,1H3,(H,30,31,32);/q;+1/p-1/b21-14+,22-15-;. The molecule has 0 saturated carbocycles. The van der Waals surface area contributed by atoms with Crippen molar-refractivity contribution in [3.05, 3.63) is 90.5 Å². The minimum Gasteiger partial charge on any atom is -0.747 e. The van der Waals surface area contributed by atoms with Crippen LogP contribution >= 0.6 is 12.2 Å². The summed E-state index contributed by atoms with van der Waals surface area (Å²) in [5, 5.41) is 2.02. The Balaban J connectivity index is 0.00000304. The van der Waals surface area contributed by atoms with Crippen LogP contribution in [0.2, 0.25) is 0 Å². The summed E-state index contributed by atoms with van der Waals surface area (Å²) in [6.07, 6.45) is 3.03. The van der Waals surface area contributed by atoms with Gasteiger partial charge in [0, 0.05) is 18.0 Å². The summed E-state index contributed by atoms with van der Waals surface area (Å²) in [6.45, 7) is 2.33. The number of para-hydroxylation sites is 1.